The van der Waals surface area contributed by atoms with Crippen molar-refractivity contribution in [2.24, 2.45) is 0 Å². The predicted octanol–water partition coefficient (Wildman–Crippen LogP) is 2.16. The Morgan fingerprint density at radius 3 is 2.40 bits per heavy atom. The third kappa shape index (κ3) is 2.55. The van der Waals surface area contributed by atoms with Gasteiger partial charge in [-0.1, -0.05) is 12.1 Å². The molecule has 0 radical (unpaired) electrons. The third-order valence-corrected chi connectivity index (χ3v) is 3.11. The van der Waals surface area contributed by atoms with Gasteiger partial charge in [0, 0.05) is 7.11 Å². The lowest BCUT2D eigenvalue weighted by molar-refractivity contribution is 0.0108. The van der Waals surface area contributed by atoms with Gasteiger partial charge >= 0.3 is 0 Å². The SMILES string of the molecule is COC(C)(C)c1nc(O)c(-c2ccc(F)cc2)c(=O)[nH]1. The first-order valence-electron chi connectivity index (χ1n) is 6.00. The van der Waals surface area contributed by atoms with E-state index in [4.69, 9.17) is 4.74 Å². The summed E-state index contributed by atoms with van der Waals surface area (Å²) >= 11 is 0. The Labute approximate surface area is 115 Å². The Morgan fingerprint density at radius 1 is 1.30 bits per heavy atom. The maximum Gasteiger partial charge on any atom is 0.262 e. The summed E-state index contributed by atoms with van der Waals surface area (Å²) in [5, 5.41) is 9.97. The van der Waals surface area contributed by atoms with E-state index >= 15 is 0 Å². The van der Waals surface area contributed by atoms with E-state index in [-0.39, 0.29) is 11.4 Å². The Hall–Kier alpha value is -2.21. The highest BCUT2D eigenvalue weighted by Gasteiger charge is 2.25. The summed E-state index contributed by atoms with van der Waals surface area (Å²) in [7, 11) is 1.48. The molecule has 0 aliphatic carbocycles. The van der Waals surface area contributed by atoms with Crippen LogP contribution in [0.25, 0.3) is 11.1 Å². The number of nitrogens with one attached hydrogen (secondary N) is 1. The minimum absolute atomic E-state index is 0.000605. The van der Waals surface area contributed by atoms with E-state index in [2.05, 4.69) is 9.97 Å². The fraction of sp³-hybridized carbons (Fsp3) is 0.286. The molecule has 0 aliphatic heterocycles. The molecule has 0 unspecified atom stereocenters. The number of aromatic amines is 1. The summed E-state index contributed by atoms with van der Waals surface area (Å²) < 4.78 is 18.1. The van der Waals surface area contributed by atoms with Crippen LogP contribution in [0.5, 0.6) is 5.88 Å². The maximum atomic E-state index is 12.9. The van der Waals surface area contributed by atoms with E-state index in [1.54, 1.807) is 13.8 Å². The molecule has 1 aromatic heterocycles. The van der Waals surface area contributed by atoms with Crippen molar-refractivity contribution >= 4 is 0 Å². The van der Waals surface area contributed by atoms with Crippen LogP contribution in [0.4, 0.5) is 4.39 Å². The average Bonchev–Trinajstić information content (AvgIpc) is 2.40. The molecule has 0 saturated heterocycles. The highest BCUT2D eigenvalue weighted by molar-refractivity contribution is 5.67. The number of rotatable bonds is 3. The van der Waals surface area contributed by atoms with Crippen LogP contribution >= 0.6 is 0 Å². The largest absolute Gasteiger partial charge is 0.493 e. The molecule has 0 fully saturated rings. The highest BCUT2D eigenvalue weighted by atomic mass is 19.1. The number of aromatic nitrogens is 2. The number of halogens is 1. The number of nitrogens with zero attached hydrogens (tertiary/aromatic N) is 1. The highest BCUT2D eigenvalue weighted by Crippen LogP contribution is 2.26. The van der Waals surface area contributed by atoms with Crippen LogP contribution in [0.3, 0.4) is 0 Å². The zero-order valence-electron chi connectivity index (χ0n) is 11.4. The Morgan fingerprint density at radius 2 is 1.90 bits per heavy atom. The van der Waals surface area contributed by atoms with Crippen molar-refractivity contribution in [3.05, 3.63) is 46.3 Å². The standard InChI is InChI=1S/C14H15FN2O3/c1-14(2,20-3)13-16-11(18)10(12(19)17-13)8-4-6-9(15)7-5-8/h4-7H,1-3H3,(H2,16,17,18,19). The molecular formula is C14H15FN2O3. The van der Waals surface area contributed by atoms with E-state index in [0.717, 1.165) is 0 Å². The van der Waals surface area contributed by atoms with Crippen molar-refractivity contribution in [3.8, 4) is 17.0 Å². The minimum Gasteiger partial charge on any atom is -0.493 e. The van der Waals surface area contributed by atoms with Crippen LogP contribution < -0.4 is 5.56 Å². The van der Waals surface area contributed by atoms with Crippen LogP contribution in [0.15, 0.2) is 29.1 Å². The summed E-state index contributed by atoms with van der Waals surface area (Å²) in [4.78, 5) is 18.6. The molecular weight excluding hydrogens is 263 g/mol. The number of H-pyrrole nitrogens is 1. The molecule has 0 atom stereocenters. The fourth-order valence-electron chi connectivity index (χ4n) is 1.72. The minimum atomic E-state index is -0.835. The van der Waals surface area contributed by atoms with E-state index in [9.17, 15) is 14.3 Å². The lowest BCUT2D eigenvalue weighted by Gasteiger charge is -2.21. The molecule has 0 bridgehead atoms. The summed E-state index contributed by atoms with van der Waals surface area (Å²) in [5.41, 5.74) is -0.956. The molecule has 20 heavy (non-hydrogen) atoms. The smallest absolute Gasteiger partial charge is 0.262 e. The number of methoxy groups -OCH3 is 1. The van der Waals surface area contributed by atoms with Crippen LogP contribution in [0.2, 0.25) is 0 Å². The summed E-state index contributed by atoms with van der Waals surface area (Å²) in [5.74, 6) is -0.622. The molecule has 2 aromatic rings. The number of ether oxygens (including phenoxy) is 1. The quantitative estimate of drug-likeness (QED) is 0.902. The first-order chi connectivity index (χ1) is 9.35. The number of aromatic hydroxyl groups is 1. The van der Waals surface area contributed by atoms with Gasteiger partial charge in [-0.15, -0.1) is 0 Å². The van der Waals surface area contributed by atoms with Crippen molar-refractivity contribution in [1.29, 1.82) is 0 Å². The Kier molecular flexibility index (Phi) is 3.59. The van der Waals surface area contributed by atoms with Gasteiger partial charge in [0.2, 0.25) is 5.88 Å². The second kappa shape index (κ2) is 5.05. The average molecular weight is 278 g/mol. The van der Waals surface area contributed by atoms with Gasteiger partial charge in [-0.2, -0.15) is 4.98 Å². The third-order valence-electron chi connectivity index (χ3n) is 3.11. The fourth-order valence-corrected chi connectivity index (χ4v) is 1.72. The van der Waals surface area contributed by atoms with Crippen molar-refractivity contribution in [1.82, 2.24) is 9.97 Å². The van der Waals surface area contributed by atoms with Gasteiger partial charge in [-0.3, -0.25) is 4.79 Å². The van der Waals surface area contributed by atoms with Gasteiger partial charge in [-0.25, -0.2) is 4.39 Å². The summed E-state index contributed by atoms with van der Waals surface area (Å²) in [6.07, 6.45) is 0. The van der Waals surface area contributed by atoms with Crippen LogP contribution in [0, 0.1) is 5.82 Å². The first kappa shape index (κ1) is 14.2. The van der Waals surface area contributed by atoms with E-state index in [1.165, 1.54) is 31.4 Å². The van der Waals surface area contributed by atoms with Gasteiger partial charge in [0.15, 0.2) is 0 Å². The molecule has 1 aromatic carbocycles. The molecule has 2 rings (SSSR count). The predicted molar refractivity (Wildman–Crippen MR) is 72.0 cm³/mol. The molecule has 0 saturated carbocycles. The van der Waals surface area contributed by atoms with Crippen molar-refractivity contribution in [2.45, 2.75) is 19.4 Å². The monoisotopic (exact) mass is 278 g/mol. The van der Waals surface area contributed by atoms with Gasteiger partial charge in [0.25, 0.3) is 5.56 Å². The number of hydrogen-bond acceptors (Lipinski definition) is 4. The lowest BCUT2D eigenvalue weighted by Crippen LogP contribution is -2.27. The van der Waals surface area contributed by atoms with E-state index < -0.39 is 22.9 Å². The molecule has 6 heteroatoms. The number of hydrogen-bond donors (Lipinski definition) is 2. The molecule has 0 amide bonds. The number of benzene rings is 1. The van der Waals surface area contributed by atoms with Crippen molar-refractivity contribution in [2.75, 3.05) is 7.11 Å². The molecule has 2 N–H and O–H groups in total. The molecule has 5 nitrogen and oxygen atoms in total. The zero-order valence-corrected chi connectivity index (χ0v) is 11.4. The normalized spacial score (nSPS) is 11.6. The summed E-state index contributed by atoms with van der Waals surface area (Å²) in [6, 6.07) is 5.23. The van der Waals surface area contributed by atoms with Gasteiger partial charge < -0.3 is 14.8 Å². The molecule has 1 heterocycles. The van der Waals surface area contributed by atoms with E-state index in [0.29, 0.717) is 5.56 Å². The van der Waals surface area contributed by atoms with Gasteiger partial charge in [0.1, 0.15) is 22.8 Å². The summed E-state index contributed by atoms with van der Waals surface area (Å²) in [6.45, 7) is 3.42. The lowest BCUT2D eigenvalue weighted by atomic mass is 10.1. The van der Waals surface area contributed by atoms with Crippen LogP contribution in [-0.2, 0) is 10.3 Å². The van der Waals surface area contributed by atoms with Gasteiger partial charge in [-0.05, 0) is 31.5 Å². The molecule has 0 aliphatic rings. The van der Waals surface area contributed by atoms with E-state index in [1.807, 2.05) is 0 Å². The first-order valence-corrected chi connectivity index (χ1v) is 6.00. The molecule has 106 valence electrons. The topological polar surface area (TPSA) is 75.2 Å². The Balaban J connectivity index is 2.58. The zero-order chi connectivity index (χ0) is 14.9. The van der Waals surface area contributed by atoms with Crippen molar-refractivity contribution < 1.29 is 14.2 Å². The second-order valence-electron chi connectivity index (χ2n) is 4.83. The van der Waals surface area contributed by atoms with Crippen LogP contribution in [0.1, 0.15) is 19.7 Å². The maximum absolute atomic E-state index is 12.9. The van der Waals surface area contributed by atoms with Crippen molar-refractivity contribution in [3.63, 3.8) is 0 Å². The van der Waals surface area contributed by atoms with Gasteiger partial charge in [0.05, 0.1) is 0 Å². The Bertz CT molecular complexity index is 678. The van der Waals surface area contributed by atoms with Crippen LogP contribution in [-0.4, -0.2) is 22.2 Å². The second-order valence-corrected chi connectivity index (χ2v) is 4.83. The molecule has 0 spiro atoms.